The predicted octanol–water partition coefficient (Wildman–Crippen LogP) is 1.47. The normalized spacial score (nSPS) is 17.8. The van der Waals surface area contributed by atoms with E-state index in [-0.39, 0.29) is 0 Å². The van der Waals surface area contributed by atoms with Crippen LogP contribution >= 0.6 is 0 Å². The number of nitrogens with zero attached hydrogens (tertiary/aromatic N) is 2. The second kappa shape index (κ2) is 4.14. The van der Waals surface area contributed by atoms with Gasteiger partial charge in [-0.2, -0.15) is 0 Å². The maximum Gasteiger partial charge on any atom is 0.199 e. The highest BCUT2D eigenvalue weighted by molar-refractivity contribution is 5.41. The molecule has 0 radical (unpaired) electrons. The van der Waals surface area contributed by atoms with Crippen molar-refractivity contribution in [1.82, 2.24) is 14.7 Å². The van der Waals surface area contributed by atoms with Crippen LogP contribution in [0.2, 0.25) is 0 Å². The molecular weight excluding hydrogens is 202 g/mol. The van der Waals surface area contributed by atoms with Crippen LogP contribution in [0.3, 0.4) is 0 Å². The predicted molar refractivity (Wildman–Crippen MR) is 61.7 cm³/mol. The highest BCUT2D eigenvalue weighted by Crippen LogP contribution is 2.18. The van der Waals surface area contributed by atoms with E-state index in [1.54, 1.807) is 6.20 Å². The molecule has 84 valence electrons. The fourth-order valence-corrected chi connectivity index (χ4v) is 2.10. The maximum atomic E-state index is 6.01. The Morgan fingerprint density at radius 3 is 3.06 bits per heavy atom. The lowest BCUT2D eigenvalue weighted by molar-refractivity contribution is 0.154. The summed E-state index contributed by atoms with van der Waals surface area (Å²) in [6, 6.07) is 5.96. The molecule has 1 saturated heterocycles. The molecule has 4 nitrogen and oxygen atoms in total. The van der Waals surface area contributed by atoms with Crippen molar-refractivity contribution < 1.29 is 4.74 Å². The van der Waals surface area contributed by atoms with Crippen molar-refractivity contribution in [3.8, 4) is 5.88 Å². The van der Waals surface area contributed by atoms with E-state index in [9.17, 15) is 0 Å². The van der Waals surface area contributed by atoms with Crippen LogP contribution in [0.15, 0.2) is 30.6 Å². The molecule has 1 N–H and O–H groups in total. The lowest BCUT2D eigenvalue weighted by Gasteiger charge is -2.24. The second-order valence-corrected chi connectivity index (χ2v) is 4.09. The Bertz CT molecular complexity index is 474. The van der Waals surface area contributed by atoms with Crippen LogP contribution in [-0.2, 0) is 0 Å². The quantitative estimate of drug-likeness (QED) is 0.827. The number of pyridine rings is 1. The van der Waals surface area contributed by atoms with E-state index < -0.39 is 0 Å². The molecule has 0 spiro atoms. The third kappa shape index (κ3) is 1.76. The molecule has 4 heteroatoms. The first kappa shape index (κ1) is 9.66. The van der Waals surface area contributed by atoms with E-state index in [2.05, 4.69) is 10.3 Å². The minimum absolute atomic E-state index is 0.328. The zero-order valence-electron chi connectivity index (χ0n) is 9.10. The third-order valence-corrected chi connectivity index (χ3v) is 2.96. The molecule has 1 aliphatic heterocycles. The molecular formula is C12H15N3O. The molecule has 0 saturated carbocycles. The van der Waals surface area contributed by atoms with Gasteiger partial charge in [0.05, 0.1) is 0 Å². The summed E-state index contributed by atoms with van der Waals surface area (Å²) < 4.78 is 8.00. The fourth-order valence-electron chi connectivity index (χ4n) is 2.10. The van der Waals surface area contributed by atoms with Gasteiger partial charge in [0.25, 0.3) is 0 Å². The Hall–Kier alpha value is -1.55. The SMILES string of the molecule is c1cc(OC2CCNCC2)n2ccnc2c1. The average Bonchev–Trinajstić information content (AvgIpc) is 2.80. The summed E-state index contributed by atoms with van der Waals surface area (Å²) in [4.78, 5) is 4.24. The lowest BCUT2D eigenvalue weighted by atomic mass is 10.1. The zero-order chi connectivity index (χ0) is 10.8. The van der Waals surface area contributed by atoms with Gasteiger partial charge in [0.2, 0.25) is 0 Å². The van der Waals surface area contributed by atoms with E-state index in [4.69, 9.17) is 4.74 Å². The monoisotopic (exact) mass is 217 g/mol. The van der Waals surface area contributed by atoms with E-state index in [0.717, 1.165) is 37.5 Å². The minimum Gasteiger partial charge on any atom is -0.475 e. The summed E-state index contributed by atoms with van der Waals surface area (Å²) >= 11 is 0. The number of aromatic nitrogens is 2. The first-order chi connectivity index (χ1) is 7.93. The van der Waals surface area contributed by atoms with Crippen molar-refractivity contribution in [2.45, 2.75) is 18.9 Å². The standard InChI is InChI=1S/C12H15N3O/c1-2-11-14-8-9-15(11)12(3-1)16-10-4-6-13-7-5-10/h1-3,8-10,13H,4-7H2. The Morgan fingerprint density at radius 1 is 1.31 bits per heavy atom. The highest BCUT2D eigenvalue weighted by Gasteiger charge is 2.15. The summed E-state index contributed by atoms with van der Waals surface area (Å²) in [6.45, 7) is 2.09. The Kier molecular flexibility index (Phi) is 2.50. The number of hydrogen-bond acceptors (Lipinski definition) is 3. The Labute approximate surface area is 94.3 Å². The molecule has 1 aliphatic rings. The van der Waals surface area contributed by atoms with Crippen molar-refractivity contribution >= 4 is 5.65 Å². The van der Waals surface area contributed by atoms with Gasteiger partial charge in [0, 0.05) is 12.4 Å². The number of hydrogen-bond donors (Lipinski definition) is 1. The van der Waals surface area contributed by atoms with Crippen molar-refractivity contribution in [2.24, 2.45) is 0 Å². The molecule has 0 bridgehead atoms. The second-order valence-electron chi connectivity index (χ2n) is 4.09. The molecule has 16 heavy (non-hydrogen) atoms. The number of rotatable bonds is 2. The van der Waals surface area contributed by atoms with E-state index in [0.29, 0.717) is 6.10 Å². The Balaban J connectivity index is 1.85. The van der Waals surface area contributed by atoms with Crippen LogP contribution in [0.1, 0.15) is 12.8 Å². The van der Waals surface area contributed by atoms with Crippen LogP contribution in [0.5, 0.6) is 5.88 Å². The van der Waals surface area contributed by atoms with Crippen LogP contribution in [0.25, 0.3) is 5.65 Å². The largest absolute Gasteiger partial charge is 0.475 e. The van der Waals surface area contributed by atoms with Gasteiger partial charge in [0.1, 0.15) is 11.8 Å². The first-order valence-electron chi connectivity index (χ1n) is 5.73. The van der Waals surface area contributed by atoms with Crippen molar-refractivity contribution in [2.75, 3.05) is 13.1 Å². The molecule has 3 rings (SSSR count). The van der Waals surface area contributed by atoms with Crippen LogP contribution in [0, 0.1) is 0 Å². The van der Waals surface area contributed by atoms with Gasteiger partial charge in [-0.15, -0.1) is 0 Å². The van der Waals surface area contributed by atoms with Crippen molar-refractivity contribution in [3.05, 3.63) is 30.6 Å². The van der Waals surface area contributed by atoms with E-state index in [1.807, 2.05) is 28.8 Å². The van der Waals surface area contributed by atoms with E-state index in [1.165, 1.54) is 0 Å². The average molecular weight is 217 g/mol. The molecule has 2 aromatic heterocycles. The Morgan fingerprint density at radius 2 is 2.19 bits per heavy atom. The molecule has 0 aromatic carbocycles. The summed E-state index contributed by atoms with van der Waals surface area (Å²) in [5, 5.41) is 3.33. The fraction of sp³-hybridized carbons (Fsp3) is 0.417. The maximum absolute atomic E-state index is 6.01. The molecule has 2 aromatic rings. The number of imidazole rings is 1. The van der Waals surface area contributed by atoms with Gasteiger partial charge in [0.15, 0.2) is 5.88 Å². The van der Waals surface area contributed by atoms with Crippen LogP contribution in [0.4, 0.5) is 0 Å². The number of nitrogens with one attached hydrogen (secondary N) is 1. The van der Waals surface area contributed by atoms with Crippen molar-refractivity contribution in [3.63, 3.8) is 0 Å². The highest BCUT2D eigenvalue weighted by atomic mass is 16.5. The summed E-state index contributed by atoms with van der Waals surface area (Å²) in [7, 11) is 0. The zero-order valence-corrected chi connectivity index (χ0v) is 9.10. The molecule has 1 fully saturated rings. The topological polar surface area (TPSA) is 38.6 Å². The summed E-state index contributed by atoms with van der Waals surface area (Å²) in [5.41, 5.74) is 0.937. The van der Waals surface area contributed by atoms with Crippen LogP contribution in [-0.4, -0.2) is 28.6 Å². The molecule has 0 aliphatic carbocycles. The smallest absolute Gasteiger partial charge is 0.199 e. The molecule has 0 atom stereocenters. The van der Waals surface area contributed by atoms with Gasteiger partial charge in [-0.05, 0) is 38.1 Å². The van der Waals surface area contributed by atoms with Crippen LogP contribution < -0.4 is 10.1 Å². The van der Waals surface area contributed by atoms with Gasteiger partial charge in [-0.25, -0.2) is 4.98 Å². The minimum atomic E-state index is 0.328. The van der Waals surface area contributed by atoms with Gasteiger partial charge in [-0.3, -0.25) is 4.40 Å². The summed E-state index contributed by atoms with van der Waals surface area (Å²) in [5.74, 6) is 0.891. The number of piperidine rings is 1. The van der Waals surface area contributed by atoms with Gasteiger partial charge in [-0.1, -0.05) is 6.07 Å². The van der Waals surface area contributed by atoms with E-state index >= 15 is 0 Å². The third-order valence-electron chi connectivity index (χ3n) is 2.96. The van der Waals surface area contributed by atoms with Crippen molar-refractivity contribution in [1.29, 1.82) is 0 Å². The molecule has 3 heterocycles. The molecule has 0 amide bonds. The molecule has 0 unspecified atom stereocenters. The first-order valence-corrected chi connectivity index (χ1v) is 5.73. The number of fused-ring (bicyclic) bond motifs is 1. The lowest BCUT2D eigenvalue weighted by Crippen LogP contribution is -2.34. The van der Waals surface area contributed by atoms with Gasteiger partial charge >= 0.3 is 0 Å². The summed E-state index contributed by atoms with van der Waals surface area (Å²) in [6.07, 6.45) is 6.21. The number of ether oxygens (including phenoxy) is 1. The van der Waals surface area contributed by atoms with Gasteiger partial charge < -0.3 is 10.1 Å².